The molecule has 5 heteroatoms. The first kappa shape index (κ1) is 13.3. The Morgan fingerprint density at radius 2 is 2.29 bits per heavy atom. The molecule has 0 radical (unpaired) electrons. The number of hydrogen-bond acceptors (Lipinski definition) is 4. The monoisotopic (exact) mass is 290 g/mol. The highest BCUT2D eigenvalue weighted by molar-refractivity contribution is 5.81. The number of hydrogen-bond donors (Lipinski definition) is 1. The molecule has 0 spiro atoms. The molecule has 2 saturated heterocycles. The molecular formula is C16H22N2O3. The maximum atomic E-state index is 12.1. The number of rotatable bonds is 4. The fourth-order valence-electron chi connectivity index (χ4n) is 3.45. The maximum absolute atomic E-state index is 12.1. The molecule has 1 aromatic rings. The van der Waals surface area contributed by atoms with Gasteiger partial charge in [-0.3, -0.25) is 9.69 Å². The van der Waals surface area contributed by atoms with E-state index in [2.05, 4.69) is 10.2 Å². The lowest BCUT2D eigenvalue weighted by molar-refractivity contribution is -0.133. The Balaban J connectivity index is 1.32. The van der Waals surface area contributed by atoms with E-state index in [4.69, 9.17) is 9.15 Å². The summed E-state index contributed by atoms with van der Waals surface area (Å²) in [5.41, 5.74) is 0. The number of furan rings is 1. The first-order valence-electron chi connectivity index (χ1n) is 7.98. The zero-order valence-electron chi connectivity index (χ0n) is 12.2. The Kier molecular flexibility index (Phi) is 3.47. The van der Waals surface area contributed by atoms with Crippen molar-refractivity contribution in [1.82, 2.24) is 10.2 Å². The minimum Gasteiger partial charge on any atom is -0.468 e. The molecule has 1 N–H and O–H groups in total. The minimum absolute atomic E-state index is 0.101. The number of nitrogens with one attached hydrogen (secondary N) is 1. The second-order valence-corrected chi connectivity index (χ2v) is 6.54. The average Bonchev–Trinajstić information content (AvgIpc) is 3.00. The number of carbonyl (C=O) groups excluding carboxylic acids is 1. The molecule has 114 valence electrons. The van der Waals surface area contributed by atoms with Gasteiger partial charge in [-0.1, -0.05) is 0 Å². The van der Waals surface area contributed by atoms with Crippen LogP contribution in [-0.2, 0) is 16.1 Å². The van der Waals surface area contributed by atoms with Gasteiger partial charge in [0.25, 0.3) is 0 Å². The highest BCUT2D eigenvalue weighted by Gasteiger charge is 2.42. The summed E-state index contributed by atoms with van der Waals surface area (Å²) in [6.07, 6.45) is 5.93. The second-order valence-electron chi connectivity index (χ2n) is 6.54. The van der Waals surface area contributed by atoms with Crippen molar-refractivity contribution in [2.24, 2.45) is 5.92 Å². The lowest BCUT2D eigenvalue weighted by Gasteiger charge is -2.33. The number of carbonyl (C=O) groups is 1. The molecule has 0 bridgehead atoms. The molecule has 0 aromatic carbocycles. The quantitative estimate of drug-likeness (QED) is 0.914. The fraction of sp³-hybridized carbons (Fsp3) is 0.688. The summed E-state index contributed by atoms with van der Waals surface area (Å²) in [7, 11) is 0. The van der Waals surface area contributed by atoms with Gasteiger partial charge in [0.05, 0.1) is 18.9 Å². The van der Waals surface area contributed by atoms with E-state index in [1.165, 1.54) is 0 Å². The van der Waals surface area contributed by atoms with E-state index in [0.717, 1.165) is 51.1 Å². The highest BCUT2D eigenvalue weighted by Crippen LogP contribution is 2.34. The van der Waals surface area contributed by atoms with Crippen molar-refractivity contribution >= 4 is 5.91 Å². The van der Waals surface area contributed by atoms with Crippen LogP contribution in [0.3, 0.4) is 0 Å². The van der Waals surface area contributed by atoms with Crippen molar-refractivity contribution in [3.63, 3.8) is 0 Å². The van der Waals surface area contributed by atoms with Crippen molar-refractivity contribution in [3.05, 3.63) is 24.2 Å². The molecule has 0 unspecified atom stereocenters. The summed E-state index contributed by atoms with van der Waals surface area (Å²) in [6, 6.07) is 4.35. The molecule has 1 saturated carbocycles. The Bertz CT molecular complexity index is 498. The van der Waals surface area contributed by atoms with Crippen LogP contribution < -0.4 is 5.32 Å². The van der Waals surface area contributed by atoms with E-state index in [9.17, 15) is 4.79 Å². The summed E-state index contributed by atoms with van der Waals surface area (Å²) in [5.74, 6) is 1.63. The number of fused-ring (bicyclic) bond motifs is 1. The van der Waals surface area contributed by atoms with Crippen LogP contribution in [0, 0.1) is 5.92 Å². The van der Waals surface area contributed by atoms with Gasteiger partial charge in [0.15, 0.2) is 0 Å². The van der Waals surface area contributed by atoms with E-state index < -0.39 is 0 Å². The van der Waals surface area contributed by atoms with E-state index in [1.54, 1.807) is 6.26 Å². The van der Waals surface area contributed by atoms with Gasteiger partial charge in [-0.05, 0) is 50.3 Å². The maximum Gasteiger partial charge on any atom is 0.249 e. The summed E-state index contributed by atoms with van der Waals surface area (Å²) in [4.78, 5) is 14.5. The zero-order valence-corrected chi connectivity index (χ0v) is 12.2. The molecule has 3 atom stereocenters. The van der Waals surface area contributed by atoms with Crippen LogP contribution in [0.25, 0.3) is 0 Å². The number of likely N-dealkylation sites (tertiary alicyclic amines) is 1. The van der Waals surface area contributed by atoms with E-state index in [0.29, 0.717) is 12.0 Å². The SMILES string of the molecule is O=C(NC1CC1)[C@@H]1C[C@H]2CCN(Cc3ccco3)C[C@@H]2O1. The first-order valence-corrected chi connectivity index (χ1v) is 7.98. The molecule has 1 amide bonds. The van der Waals surface area contributed by atoms with Gasteiger partial charge in [0.2, 0.25) is 5.91 Å². The molecule has 1 aromatic heterocycles. The van der Waals surface area contributed by atoms with Crippen LogP contribution in [0.2, 0.25) is 0 Å². The Morgan fingerprint density at radius 3 is 3.05 bits per heavy atom. The van der Waals surface area contributed by atoms with Crippen molar-refractivity contribution in [2.75, 3.05) is 13.1 Å². The summed E-state index contributed by atoms with van der Waals surface area (Å²) in [5, 5.41) is 3.06. The predicted molar refractivity (Wildman–Crippen MR) is 76.5 cm³/mol. The molecule has 2 aliphatic heterocycles. The van der Waals surface area contributed by atoms with Gasteiger partial charge in [0, 0.05) is 12.6 Å². The Hall–Kier alpha value is -1.33. The molecule has 3 heterocycles. The summed E-state index contributed by atoms with van der Waals surface area (Å²) < 4.78 is 11.4. The number of ether oxygens (including phenoxy) is 1. The van der Waals surface area contributed by atoms with Crippen LogP contribution in [0.5, 0.6) is 0 Å². The van der Waals surface area contributed by atoms with Gasteiger partial charge in [-0.2, -0.15) is 0 Å². The third-order valence-corrected chi connectivity index (χ3v) is 4.81. The molecule has 5 nitrogen and oxygen atoms in total. The van der Waals surface area contributed by atoms with E-state index >= 15 is 0 Å². The fourth-order valence-corrected chi connectivity index (χ4v) is 3.45. The van der Waals surface area contributed by atoms with Crippen LogP contribution in [0.1, 0.15) is 31.4 Å². The van der Waals surface area contributed by atoms with Gasteiger partial charge in [-0.15, -0.1) is 0 Å². The predicted octanol–water partition coefficient (Wildman–Crippen LogP) is 1.54. The lowest BCUT2D eigenvalue weighted by atomic mass is 9.91. The average molecular weight is 290 g/mol. The number of piperidine rings is 1. The van der Waals surface area contributed by atoms with Crippen molar-refractivity contribution in [2.45, 2.75) is 50.5 Å². The minimum atomic E-state index is -0.232. The largest absolute Gasteiger partial charge is 0.468 e. The topological polar surface area (TPSA) is 54.7 Å². The highest BCUT2D eigenvalue weighted by atomic mass is 16.5. The van der Waals surface area contributed by atoms with Crippen LogP contribution in [0.4, 0.5) is 0 Å². The molecule has 3 aliphatic rings. The van der Waals surface area contributed by atoms with Crippen molar-refractivity contribution in [3.8, 4) is 0 Å². The Morgan fingerprint density at radius 1 is 1.38 bits per heavy atom. The van der Waals surface area contributed by atoms with E-state index in [-0.39, 0.29) is 18.1 Å². The first-order chi connectivity index (χ1) is 10.3. The Labute approximate surface area is 124 Å². The molecule has 3 fully saturated rings. The van der Waals surface area contributed by atoms with Crippen molar-refractivity contribution < 1.29 is 13.9 Å². The summed E-state index contributed by atoms with van der Waals surface area (Å²) >= 11 is 0. The molecule has 21 heavy (non-hydrogen) atoms. The number of nitrogens with zero attached hydrogens (tertiary/aromatic N) is 1. The molecular weight excluding hydrogens is 268 g/mol. The van der Waals surface area contributed by atoms with Gasteiger partial charge in [-0.25, -0.2) is 0 Å². The third kappa shape index (κ3) is 2.99. The normalized spacial score (nSPS) is 32.9. The van der Waals surface area contributed by atoms with E-state index in [1.807, 2.05) is 12.1 Å². The zero-order chi connectivity index (χ0) is 14.2. The van der Waals surface area contributed by atoms with Crippen LogP contribution >= 0.6 is 0 Å². The standard InChI is InChI=1S/C16H22N2O3/c19-16(17-12-3-4-12)14-8-11-5-6-18(10-15(11)21-14)9-13-2-1-7-20-13/h1-2,7,11-12,14-15H,3-6,8-10H2,(H,17,19)/t11-,14+,15+/m1/s1. The van der Waals surface area contributed by atoms with Crippen molar-refractivity contribution in [1.29, 1.82) is 0 Å². The smallest absolute Gasteiger partial charge is 0.249 e. The lowest BCUT2D eigenvalue weighted by Crippen LogP contribution is -2.42. The second kappa shape index (κ2) is 5.46. The van der Waals surface area contributed by atoms with Gasteiger partial charge >= 0.3 is 0 Å². The molecule has 1 aliphatic carbocycles. The number of amides is 1. The van der Waals surface area contributed by atoms with Crippen LogP contribution in [-0.4, -0.2) is 42.1 Å². The third-order valence-electron chi connectivity index (χ3n) is 4.81. The van der Waals surface area contributed by atoms with Gasteiger partial charge < -0.3 is 14.5 Å². The molecule has 4 rings (SSSR count). The van der Waals surface area contributed by atoms with Gasteiger partial charge in [0.1, 0.15) is 11.9 Å². The van der Waals surface area contributed by atoms with Crippen LogP contribution in [0.15, 0.2) is 22.8 Å². The summed E-state index contributed by atoms with van der Waals surface area (Å²) in [6.45, 7) is 2.79.